The Morgan fingerprint density at radius 3 is 2.35 bits per heavy atom. The second kappa shape index (κ2) is 10.2. The molecule has 3 heterocycles. The molecule has 2 aromatic heterocycles. The molecule has 1 unspecified atom stereocenters. The number of ether oxygens (including phenoxy) is 4. The van der Waals surface area contributed by atoms with Crippen LogP contribution >= 0.6 is 11.8 Å². The molecule has 0 spiro atoms. The first-order valence-electron chi connectivity index (χ1n) is 10.6. The van der Waals surface area contributed by atoms with Gasteiger partial charge in [-0.05, 0) is 24.3 Å². The Labute approximate surface area is 199 Å². The summed E-state index contributed by atoms with van der Waals surface area (Å²) in [6, 6.07) is 12.9. The number of hydrogen-bond acceptors (Lipinski definition) is 10. The van der Waals surface area contributed by atoms with Crippen LogP contribution in [0.1, 0.15) is 20.8 Å². The fourth-order valence-corrected chi connectivity index (χ4v) is 4.91. The topological polar surface area (TPSA) is 114 Å². The molecule has 0 bridgehead atoms. The van der Waals surface area contributed by atoms with Gasteiger partial charge in [0.1, 0.15) is 11.3 Å². The molecule has 34 heavy (non-hydrogen) atoms. The van der Waals surface area contributed by atoms with E-state index in [1.165, 1.54) is 32.5 Å². The summed E-state index contributed by atoms with van der Waals surface area (Å²) in [4.78, 5) is 39.7. The molecule has 0 radical (unpaired) electrons. The van der Waals surface area contributed by atoms with Gasteiger partial charge < -0.3 is 23.4 Å². The number of nitrogens with zero attached hydrogens (tertiary/aromatic N) is 1. The quantitative estimate of drug-likeness (QED) is 0.378. The Balaban J connectivity index is 1.66. The number of fused-ring (bicyclic) bond motifs is 1. The number of thioether (sulfide) groups is 1. The molecule has 0 N–H and O–H groups in total. The van der Waals surface area contributed by atoms with E-state index >= 15 is 0 Å². The Hall–Kier alpha value is -3.53. The SMILES string of the molecule is CC(=O)O[C@H]1[C@H](OC(C)=O)CSC(Oc2cccnc2-c2cc3ccccc3o2)[C@@H]1OC(C)=O. The first-order chi connectivity index (χ1) is 16.3. The molecule has 4 atom stereocenters. The van der Waals surface area contributed by atoms with Crippen molar-refractivity contribution in [3.8, 4) is 17.2 Å². The molecular formula is C24H23NO8S. The van der Waals surface area contributed by atoms with Gasteiger partial charge in [0.05, 0.1) is 0 Å². The van der Waals surface area contributed by atoms with Crippen molar-refractivity contribution in [1.82, 2.24) is 4.98 Å². The van der Waals surface area contributed by atoms with Crippen LogP contribution in [-0.4, -0.2) is 52.4 Å². The van der Waals surface area contributed by atoms with Crippen molar-refractivity contribution in [3.63, 3.8) is 0 Å². The highest BCUT2D eigenvalue weighted by Crippen LogP contribution is 2.38. The highest BCUT2D eigenvalue weighted by molar-refractivity contribution is 7.99. The number of carbonyl (C=O) groups excluding carboxylic acids is 3. The molecule has 1 aromatic carbocycles. The first-order valence-corrected chi connectivity index (χ1v) is 11.6. The smallest absolute Gasteiger partial charge is 0.303 e. The number of furan rings is 1. The zero-order valence-electron chi connectivity index (χ0n) is 18.8. The summed E-state index contributed by atoms with van der Waals surface area (Å²) in [6.45, 7) is 3.73. The van der Waals surface area contributed by atoms with Gasteiger partial charge >= 0.3 is 17.9 Å². The number of esters is 3. The monoisotopic (exact) mass is 485 g/mol. The highest BCUT2D eigenvalue weighted by Gasteiger charge is 2.48. The fourth-order valence-electron chi connectivity index (χ4n) is 3.70. The fraction of sp³-hybridized carbons (Fsp3) is 0.333. The van der Waals surface area contributed by atoms with Crippen molar-refractivity contribution >= 4 is 40.6 Å². The molecular weight excluding hydrogens is 462 g/mol. The Bertz CT molecular complexity index is 1180. The minimum absolute atomic E-state index is 0.264. The van der Waals surface area contributed by atoms with Gasteiger partial charge in [0.15, 0.2) is 35.3 Å². The molecule has 0 aliphatic carbocycles. The van der Waals surface area contributed by atoms with Crippen molar-refractivity contribution in [2.75, 3.05) is 5.75 Å². The summed E-state index contributed by atoms with van der Waals surface area (Å²) in [5.41, 5.74) is 0.400. The lowest BCUT2D eigenvalue weighted by molar-refractivity contribution is -0.186. The number of para-hydroxylation sites is 1. The van der Waals surface area contributed by atoms with Crippen LogP contribution in [0.5, 0.6) is 5.75 Å². The number of benzene rings is 1. The third-order valence-electron chi connectivity index (χ3n) is 4.98. The molecule has 1 fully saturated rings. The number of rotatable bonds is 6. The molecule has 1 aliphatic heterocycles. The van der Waals surface area contributed by atoms with Crippen molar-refractivity contribution < 1.29 is 37.7 Å². The third-order valence-corrected chi connectivity index (χ3v) is 6.19. The molecule has 1 saturated heterocycles. The standard InChI is InChI=1S/C24H23NO8S/c1-13(26)29-20-12-34-24(23(31-15(3)28)22(20)30-14(2)27)33-18-9-6-10-25-21(18)19-11-16-7-4-5-8-17(16)32-19/h4-11,20,22-24H,12H2,1-3H3/t20-,22+,23-,24?/m1/s1. The molecule has 178 valence electrons. The maximum Gasteiger partial charge on any atom is 0.303 e. The van der Waals surface area contributed by atoms with Gasteiger partial charge in [0, 0.05) is 38.1 Å². The summed E-state index contributed by atoms with van der Waals surface area (Å²) < 4.78 is 28.4. The average Bonchev–Trinajstić information content (AvgIpc) is 3.21. The number of aromatic nitrogens is 1. The van der Waals surface area contributed by atoms with E-state index in [0.717, 1.165) is 5.39 Å². The van der Waals surface area contributed by atoms with Crippen LogP contribution in [0.4, 0.5) is 0 Å². The molecule has 9 nitrogen and oxygen atoms in total. The summed E-state index contributed by atoms with van der Waals surface area (Å²) in [6.07, 6.45) is -1.26. The number of hydrogen-bond donors (Lipinski definition) is 0. The number of pyridine rings is 1. The lowest BCUT2D eigenvalue weighted by atomic mass is 10.1. The van der Waals surface area contributed by atoms with E-state index in [-0.39, 0.29) is 5.75 Å². The van der Waals surface area contributed by atoms with E-state index in [9.17, 15) is 14.4 Å². The molecule has 0 amide bonds. The van der Waals surface area contributed by atoms with Gasteiger partial charge in [0.25, 0.3) is 0 Å². The zero-order valence-corrected chi connectivity index (χ0v) is 19.6. The van der Waals surface area contributed by atoms with Crippen LogP contribution in [0.15, 0.2) is 53.1 Å². The Morgan fingerprint density at radius 1 is 0.941 bits per heavy atom. The maximum atomic E-state index is 11.9. The summed E-state index contributed by atoms with van der Waals surface area (Å²) in [7, 11) is 0. The minimum atomic E-state index is -1.04. The predicted octanol–water partition coefficient (Wildman–Crippen LogP) is 3.74. The molecule has 3 aromatic rings. The van der Waals surface area contributed by atoms with Gasteiger partial charge in [-0.25, -0.2) is 4.98 Å². The summed E-state index contributed by atoms with van der Waals surface area (Å²) in [5.74, 6) is -0.569. The van der Waals surface area contributed by atoms with Gasteiger partial charge in [-0.2, -0.15) is 0 Å². The van der Waals surface area contributed by atoms with Crippen LogP contribution in [0.3, 0.4) is 0 Å². The zero-order chi connectivity index (χ0) is 24.2. The normalized spacial score (nSPS) is 22.1. The second-order valence-electron chi connectivity index (χ2n) is 7.61. The van der Waals surface area contributed by atoms with Crippen LogP contribution in [0.25, 0.3) is 22.4 Å². The van der Waals surface area contributed by atoms with Gasteiger partial charge in [-0.1, -0.05) is 18.2 Å². The Morgan fingerprint density at radius 2 is 1.65 bits per heavy atom. The predicted molar refractivity (Wildman–Crippen MR) is 123 cm³/mol. The van der Waals surface area contributed by atoms with E-state index in [1.807, 2.05) is 30.3 Å². The molecule has 0 saturated carbocycles. The van der Waals surface area contributed by atoms with Crippen molar-refractivity contribution in [2.45, 2.75) is 44.5 Å². The lowest BCUT2D eigenvalue weighted by Gasteiger charge is -2.40. The average molecular weight is 486 g/mol. The lowest BCUT2D eigenvalue weighted by Crippen LogP contribution is -2.55. The van der Waals surface area contributed by atoms with Gasteiger partial charge in [0.2, 0.25) is 0 Å². The first kappa shape index (κ1) is 23.6. The van der Waals surface area contributed by atoms with Crippen molar-refractivity contribution in [2.24, 2.45) is 0 Å². The number of carbonyl (C=O) groups is 3. The summed E-state index contributed by atoms with van der Waals surface area (Å²) >= 11 is 1.27. The molecule has 10 heteroatoms. The van der Waals surface area contributed by atoms with E-state index in [1.54, 1.807) is 18.3 Å². The maximum absolute atomic E-state index is 11.9. The van der Waals surface area contributed by atoms with Crippen LogP contribution in [0, 0.1) is 0 Å². The van der Waals surface area contributed by atoms with Crippen LogP contribution < -0.4 is 4.74 Å². The van der Waals surface area contributed by atoms with E-state index < -0.39 is 41.7 Å². The largest absolute Gasteiger partial charge is 0.473 e. The van der Waals surface area contributed by atoms with Crippen molar-refractivity contribution in [1.29, 1.82) is 0 Å². The van der Waals surface area contributed by atoms with E-state index in [4.69, 9.17) is 23.4 Å². The third kappa shape index (κ3) is 5.33. The second-order valence-corrected chi connectivity index (χ2v) is 8.75. The van der Waals surface area contributed by atoms with Gasteiger partial charge in [-0.3, -0.25) is 14.4 Å². The highest BCUT2D eigenvalue weighted by atomic mass is 32.2. The van der Waals surface area contributed by atoms with Gasteiger partial charge in [-0.15, -0.1) is 11.8 Å². The molecule has 1 aliphatic rings. The molecule has 4 rings (SSSR count). The van der Waals surface area contributed by atoms with E-state index in [2.05, 4.69) is 4.98 Å². The Kier molecular flexibility index (Phi) is 7.06. The van der Waals surface area contributed by atoms with Crippen molar-refractivity contribution in [3.05, 3.63) is 48.7 Å². The summed E-state index contributed by atoms with van der Waals surface area (Å²) in [5, 5.41) is 0.915. The van der Waals surface area contributed by atoms with Crippen LogP contribution in [0.2, 0.25) is 0 Å². The van der Waals surface area contributed by atoms with Crippen LogP contribution in [-0.2, 0) is 28.6 Å². The minimum Gasteiger partial charge on any atom is -0.473 e. The van der Waals surface area contributed by atoms with E-state index in [0.29, 0.717) is 22.8 Å².